The van der Waals surface area contributed by atoms with Crippen molar-refractivity contribution in [3.8, 4) is 0 Å². The molecule has 3 N–H and O–H groups in total. The summed E-state index contributed by atoms with van der Waals surface area (Å²) in [4.78, 5) is 25.9. The molecule has 6 heteroatoms. The average molecular weight is 234 g/mol. The Bertz CT molecular complexity index is 589. The minimum atomic E-state index is -1.55. The maximum Gasteiger partial charge on any atom is 0.325 e. The zero-order valence-electron chi connectivity index (χ0n) is 9.01. The van der Waals surface area contributed by atoms with Crippen LogP contribution in [-0.4, -0.2) is 22.0 Å². The van der Waals surface area contributed by atoms with Crippen molar-refractivity contribution < 1.29 is 19.1 Å². The van der Waals surface area contributed by atoms with Gasteiger partial charge in [0.25, 0.3) is 0 Å². The van der Waals surface area contributed by atoms with Crippen molar-refractivity contribution in [1.82, 2.24) is 4.98 Å². The molecule has 0 saturated heterocycles. The van der Waals surface area contributed by atoms with Crippen molar-refractivity contribution in [3.63, 3.8) is 0 Å². The van der Waals surface area contributed by atoms with E-state index in [1.807, 2.05) is 6.92 Å². The van der Waals surface area contributed by atoms with E-state index in [2.05, 4.69) is 4.98 Å². The van der Waals surface area contributed by atoms with E-state index in [4.69, 9.17) is 15.3 Å². The van der Waals surface area contributed by atoms with Gasteiger partial charge in [-0.15, -0.1) is 0 Å². The summed E-state index contributed by atoms with van der Waals surface area (Å²) < 4.78 is 5.22. The van der Waals surface area contributed by atoms with Crippen LogP contribution in [0.4, 0.5) is 0 Å². The number of carbonyl (C=O) groups is 2. The number of aliphatic carboxylic acids is 1. The van der Waals surface area contributed by atoms with Crippen LogP contribution in [0.5, 0.6) is 0 Å². The molecule has 0 aliphatic heterocycles. The Labute approximate surface area is 96.0 Å². The molecule has 0 aliphatic rings. The first-order valence-electron chi connectivity index (χ1n) is 4.88. The summed E-state index contributed by atoms with van der Waals surface area (Å²) in [6.07, 6.45) is 0. The lowest BCUT2D eigenvalue weighted by Gasteiger charge is -2.01. The Morgan fingerprint density at radius 3 is 2.76 bits per heavy atom. The molecule has 1 aromatic heterocycles. The summed E-state index contributed by atoms with van der Waals surface area (Å²) in [5.41, 5.74) is 6.90. The minimum Gasteiger partial charge on any atom is -0.480 e. The molecule has 17 heavy (non-hydrogen) atoms. The number of hydrogen-bond acceptors (Lipinski definition) is 4. The zero-order chi connectivity index (χ0) is 12.6. The first-order valence-corrected chi connectivity index (χ1v) is 4.88. The molecular weight excluding hydrogens is 224 g/mol. The van der Waals surface area contributed by atoms with E-state index in [9.17, 15) is 9.59 Å². The van der Waals surface area contributed by atoms with Gasteiger partial charge in [0.2, 0.25) is 17.7 Å². The molecule has 1 atom stereocenters. The van der Waals surface area contributed by atoms with Gasteiger partial charge in [-0.3, -0.25) is 9.59 Å². The molecule has 0 radical (unpaired) electrons. The average Bonchev–Trinajstić information content (AvgIpc) is 2.58. The number of carboxylic acids is 1. The number of nitrogens with zero attached hydrogens (tertiary/aromatic N) is 1. The number of aryl methyl sites for hydroxylation is 1. The molecule has 1 aromatic carbocycles. The third-order valence-corrected chi connectivity index (χ3v) is 2.34. The fourth-order valence-electron chi connectivity index (χ4n) is 1.53. The maximum atomic E-state index is 11.0. The van der Waals surface area contributed by atoms with Crippen LogP contribution >= 0.6 is 0 Å². The number of benzene rings is 1. The third kappa shape index (κ3) is 1.96. The van der Waals surface area contributed by atoms with Crippen LogP contribution in [0.15, 0.2) is 22.6 Å². The molecule has 2 aromatic rings. The van der Waals surface area contributed by atoms with Crippen LogP contribution in [0.3, 0.4) is 0 Å². The van der Waals surface area contributed by atoms with E-state index in [0.717, 1.165) is 5.56 Å². The van der Waals surface area contributed by atoms with Gasteiger partial charge in [0.1, 0.15) is 5.52 Å². The fourth-order valence-corrected chi connectivity index (χ4v) is 1.53. The van der Waals surface area contributed by atoms with Gasteiger partial charge in [-0.1, -0.05) is 6.07 Å². The van der Waals surface area contributed by atoms with Crippen LogP contribution in [0, 0.1) is 6.92 Å². The number of carbonyl (C=O) groups excluding carboxylic acids is 1. The molecule has 6 nitrogen and oxygen atoms in total. The lowest BCUT2D eigenvalue weighted by Crippen LogP contribution is -2.28. The van der Waals surface area contributed by atoms with Crippen molar-refractivity contribution >= 4 is 23.0 Å². The van der Waals surface area contributed by atoms with Crippen LogP contribution in [0.25, 0.3) is 11.1 Å². The number of amides is 1. The molecule has 0 saturated carbocycles. The Hall–Kier alpha value is -2.37. The van der Waals surface area contributed by atoms with Crippen LogP contribution in [0.2, 0.25) is 0 Å². The van der Waals surface area contributed by atoms with Gasteiger partial charge < -0.3 is 15.3 Å². The number of rotatable bonds is 3. The summed E-state index contributed by atoms with van der Waals surface area (Å²) in [7, 11) is 0. The number of nitrogens with two attached hydrogens (primary N) is 1. The van der Waals surface area contributed by atoms with Crippen LogP contribution < -0.4 is 5.73 Å². The standard InChI is InChI=1S/C11H10N2O4/c1-5-2-3-7-6(4-5)13-10(17-7)8(9(12)14)11(15)16/h2-4,8H,1H3,(H2,12,14)(H,15,16). The van der Waals surface area contributed by atoms with E-state index < -0.39 is 17.8 Å². The summed E-state index contributed by atoms with van der Waals surface area (Å²) in [6.45, 7) is 1.87. The molecule has 0 fully saturated rings. The Morgan fingerprint density at radius 1 is 1.47 bits per heavy atom. The zero-order valence-corrected chi connectivity index (χ0v) is 9.01. The SMILES string of the molecule is Cc1ccc2oc(C(C(N)=O)C(=O)O)nc2c1. The van der Waals surface area contributed by atoms with Crippen molar-refractivity contribution in [2.75, 3.05) is 0 Å². The van der Waals surface area contributed by atoms with Gasteiger partial charge in [-0.25, -0.2) is 4.98 Å². The van der Waals surface area contributed by atoms with Crippen LogP contribution in [-0.2, 0) is 9.59 Å². The highest BCUT2D eigenvalue weighted by atomic mass is 16.4. The number of aromatic nitrogens is 1. The van der Waals surface area contributed by atoms with Gasteiger partial charge in [0.05, 0.1) is 0 Å². The van der Waals surface area contributed by atoms with Gasteiger partial charge in [-0.05, 0) is 24.6 Å². The number of fused-ring (bicyclic) bond motifs is 1. The predicted molar refractivity (Wildman–Crippen MR) is 58.3 cm³/mol. The molecular formula is C11H10N2O4. The van der Waals surface area contributed by atoms with E-state index in [0.29, 0.717) is 11.1 Å². The van der Waals surface area contributed by atoms with Crippen molar-refractivity contribution in [3.05, 3.63) is 29.7 Å². The van der Waals surface area contributed by atoms with Gasteiger partial charge >= 0.3 is 5.97 Å². The second-order valence-corrected chi connectivity index (χ2v) is 3.70. The highest BCUT2D eigenvalue weighted by Crippen LogP contribution is 2.22. The molecule has 88 valence electrons. The van der Waals surface area contributed by atoms with E-state index >= 15 is 0 Å². The highest BCUT2D eigenvalue weighted by molar-refractivity contribution is 6.01. The lowest BCUT2D eigenvalue weighted by atomic mass is 10.1. The Morgan fingerprint density at radius 2 is 2.18 bits per heavy atom. The minimum absolute atomic E-state index is 0.189. The molecule has 1 heterocycles. The maximum absolute atomic E-state index is 11.0. The molecule has 0 bridgehead atoms. The van der Waals surface area contributed by atoms with Gasteiger partial charge in [0.15, 0.2) is 5.58 Å². The highest BCUT2D eigenvalue weighted by Gasteiger charge is 2.31. The quantitative estimate of drug-likeness (QED) is 0.763. The number of carboxylic acid groups (broad SMARTS) is 1. The van der Waals surface area contributed by atoms with Crippen molar-refractivity contribution in [2.24, 2.45) is 5.73 Å². The topological polar surface area (TPSA) is 106 Å². The normalized spacial score (nSPS) is 12.5. The van der Waals surface area contributed by atoms with Gasteiger partial charge in [0, 0.05) is 0 Å². The largest absolute Gasteiger partial charge is 0.480 e. The fraction of sp³-hybridized carbons (Fsp3) is 0.182. The number of oxazole rings is 1. The molecule has 0 spiro atoms. The molecule has 1 unspecified atom stereocenters. The number of hydrogen-bond donors (Lipinski definition) is 2. The van der Waals surface area contributed by atoms with Crippen LogP contribution in [0.1, 0.15) is 17.4 Å². The van der Waals surface area contributed by atoms with E-state index in [1.165, 1.54) is 0 Å². The second-order valence-electron chi connectivity index (χ2n) is 3.70. The third-order valence-electron chi connectivity index (χ3n) is 2.34. The molecule has 2 rings (SSSR count). The Kier molecular flexibility index (Phi) is 2.55. The Balaban J connectivity index is 2.55. The predicted octanol–water partition coefficient (Wildman–Crippen LogP) is 0.790. The van der Waals surface area contributed by atoms with Gasteiger partial charge in [-0.2, -0.15) is 0 Å². The van der Waals surface area contributed by atoms with E-state index in [1.54, 1.807) is 18.2 Å². The second kappa shape index (κ2) is 3.89. The summed E-state index contributed by atoms with van der Waals surface area (Å²) in [5.74, 6) is -4.12. The van der Waals surface area contributed by atoms with Crippen molar-refractivity contribution in [1.29, 1.82) is 0 Å². The molecule has 1 amide bonds. The summed E-state index contributed by atoms with van der Waals surface area (Å²) in [5, 5.41) is 8.88. The first-order chi connectivity index (χ1) is 7.99. The lowest BCUT2D eigenvalue weighted by molar-refractivity contribution is -0.142. The van der Waals surface area contributed by atoms with Crippen molar-refractivity contribution in [2.45, 2.75) is 12.8 Å². The number of primary amides is 1. The first kappa shape index (κ1) is 11.1. The molecule has 0 aliphatic carbocycles. The summed E-state index contributed by atoms with van der Waals surface area (Å²) >= 11 is 0. The van der Waals surface area contributed by atoms with E-state index in [-0.39, 0.29) is 5.89 Å². The monoisotopic (exact) mass is 234 g/mol. The summed E-state index contributed by atoms with van der Waals surface area (Å²) in [6, 6.07) is 5.21. The smallest absolute Gasteiger partial charge is 0.325 e.